The van der Waals surface area contributed by atoms with Crippen molar-refractivity contribution in [1.82, 2.24) is 14.8 Å². The van der Waals surface area contributed by atoms with Crippen LogP contribution in [0, 0.1) is 11.7 Å². The number of benzene rings is 1. The van der Waals surface area contributed by atoms with Gasteiger partial charge in [-0.05, 0) is 66.8 Å². The number of amides is 2. The fourth-order valence-electron chi connectivity index (χ4n) is 5.05. The molecule has 162 valence electrons. The Bertz CT molecular complexity index is 1090. The molecule has 2 aliphatic heterocycles. The highest BCUT2D eigenvalue weighted by atomic mass is 32.1. The number of likely N-dealkylation sites (tertiary alicyclic amines) is 2. The standard InChI is InChI=1S/C24H26FN3O2S/c25-18-5-6-19-20(14-26-21(19)13-18)16-7-10-27(11-8-16)23(29)17-3-1-9-28(15-17)24(30)22-4-2-12-31-22/h2,4-6,12-14,16-17,26H,1,3,7-11,15H2. The Labute approximate surface area is 184 Å². The number of hydrogen-bond donors (Lipinski definition) is 1. The maximum absolute atomic E-state index is 13.5. The number of thiophene rings is 1. The van der Waals surface area contributed by atoms with E-state index in [2.05, 4.69) is 4.98 Å². The summed E-state index contributed by atoms with van der Waals surface area (Å²) in [5, 5.41) is 2.98. The van der Waals surface area contributed by atoms with Crippen molar-refractivity contribution in [2.45, 2.75) is 31.6 Å². The highest BCUT2D eigenvalue weighted by Crippen LogP contribution is 2.34. The minimum atomic E-state index is -0.236. The third kappa shape index (κ3) is 3.99. The van der Waals surface area contributed by atoms with Gasteiger partial charge in [-0.3, -0.25) is 9.59 Å². The minimum absolute atomic E-state index is 0.0435. The fourth-order valence-corrected chi connectivity index (χ4v) is 5.74. The zero-order chi connectivity index (χ0) is 21.4. The van der Waals surface area contributed by atoms with E-state index in [9.17, 15) is 14.0 Å². The number of carbonyl (C=O) groups excluding carboxylic acids is 2. The Morgan fingerprint density at radius 2 is 1.90 bits per heavy atom. The predicted octanol–water partition coefficient (Wildman–Crippen LogP) is 4.63. The first-order valence-electron chi connectivity index (χ1n) is 11.0. The Balaban J connectivity index is 1.21. The summed E-state index contributed by atoms with van der Waals surface area (Å²) in [7, 11) is 0. The summed E-state index contributed by atoms with van der Waals surface area (Å²) >= 11 is 1.45. The zero-order valence-electron chi connectivity index (χ0n) is 17.4. The van der Waals surface area contributed by atoms with Crippen LogP contribution in [0.4, 0.5) is 4.39 Å². The van der Waals surface area contributed by atoms with Crippen molar-refractivity contribution in [3.05, 3.63) is 58.2 Å². The molecule has 0 saturated carbocycles. The summed E-state index contributed by atoms with van der Waals surface area (Å²) in [5.74, 6) is 0.252. The Hall–Kier alpha value is -2.67. The van der Waals surface area contributed by atoms with Gasteiger partial charge in [-0.25, -0.2) is 4.39 Å². The Morgan fingerprint density at radius 3 is 2.68 bits per heavy atom. The molecule has 1 unspecified atom stereocenters. The third-order valence-corrected chi connectivity index (χ3v) is 7.57. The number of halogens is 1. The van der Waals surface area contributed by atoms with Crippen molar-refractivity contribution in [2.75, 3.05) is 26.2 Å². The molecule has 0 aliphatic carbocycles. The van der Waals surface area contributed by atoms with Crippen LogP contribution in [0.3, 0.4) is 0 Å². The van der Waals surface area contributed by atoms with E-state index in [0.29, 0.717) is 12.5 Å². The number of hydrogen-bond acceptors (Lipinski definition) is 3. The van der Waals surface area contributed by atoms with Crippen molar-refractivity contribution in [1.29, 1.82) is 0 Å². The van der Waals surface area contributed by atoms with E-state index in [1.807, 2.05) is 39.6 Å². The number of piperidine rings is 2. The first-order chi connectivity index (χ1) is 15.1. The van der Waals surface area contributed by atoms with Gasteiger partial charge in [-0.15, -0.1) is 11.3 Å². The fraction of sp³-hybridized carbons (Fsp3) is 0.417. The lowest BCUT2D eigenvalue weighted by Crippen LogP contribution is -2.48. The number of aromatic amines is 1. The van der Waals surface area contributed by atoms with Gasteiger partial charge < -0.3 is 14.8 Å². The van der Waals surface area contributed by atoms with Crippen LogP contribution >= 0.6 is 11.3 Å². The van der Waals surface area contributed by atoms with Crippen molar-refractivity contribution in [3.63, 3.8) is 0 Å². The summed E-state index contributed by atoms with van der Waals surface area (Å²) in [5.41, 5.74) is 2.04. The second-order valence-electron chi connectivity index (χ2n) is 8.60. The van der Waals surface area contributed by atoms with Gasteiger partial charge >= 0.3 is 0 Å². The maximum atomic E-state index is 13.5. The van der Waals surface area contributed by atoms with Crippen molar-refractivity contribution < 1.29 is 14.0 Å². The molecule has 1 aromatic carbocycles. The molecule has 1 atom stereocenters. The van der Waals surface area contributed by atoms with Gasteiger partial charge in [-0.1, -0.05) is 6.07 Å². The van der Waals surface area contributed by atoms with Gasteiger partial charge in [0, 0.05) is 43.3 Å². The number of nitrogens with zero attached hydrogens (tertiary/aromatic N) is 2. The molecule has 0 bridgehead atoms. The van der Waals surface area contributed by atoms with Crippen molar-refractivity contribution in [3.8, 4) is 0 Å². The quantitative estimate of drug-likeness (QED) is 0.647. The van der Waals surface area contributed by atoms with Gasteiger partial charge in [0.05, 0.1) is 10.8 Å². The van der Waals surface area contributed by atoms with E-state index in [1.165, 1.54) is 29.0 Å². The lowest BCUT2D eigenvalue weighted by molar-refractivity contribution is -0.138. The molecular weight excluding hydrogens is 413 g/mol. The molecule has 31 heavy (non-hydrogen) atoms. The number of nitrogens with one attached hydrogen (secondary N) is 1. The molecule has 4 heterocycles. The molecule has 7 heteroatoms. The SMILES string of the molecule is O=C(c1cccs1)N1CCCC(C(=O)N2CCC(c3c[nH]c4cc(F)ccc34)CC2)C1. The van der Waals surface area contributed by atoms with Crippen molar-refractivity contribution in [2.24, 2.45) is 5.92 Å². The molecular formula is C24H26FN3O2S. The molecule has 2 aromatic heterocycles. The summed E-state index contributed by atoms with van der Waals surface area (Å²) in [6, 6.07) is 8.62. The predicted molar refractivity (Wildman–Crippen MR) is 120 cm³/mol. The van der Waals surface area contributed by atoms with Crippen LogP contribution in [0.1, 0.15) is 46.8 Å². The summed E-state index contributed by atoms with van der Waals surface area (Å²) < 4.78 is 13.5. The summed E-state index contributed by atoms with van der Waals surface area (Å²) in [4.78, 5) is 33.6. The monoisotopic (exact) mass is 439 g/mol. The van der Waals surface area contributed by atoms with E-state index in [0.717, 1.165) is 61.1 Å². The molecule has 2 amide bonds. The van der Waals surface area contributed by atoms with Crippen LogP contribution < -0.4 is 0 Å². The van der Waals surface area contributed by atoms with Gasteiger partial charge in [-0.2, -0.15) is 0 Å². The van der Waals surface area contributed by atoms with Crippen LogP contribution in [0.15, 0.2) is 41.9 Å². The minimum Gasteiger partial charge on any atom is -0.361 e. The molecule has 1 N–H and O–H groups in total. The van der Waals surface area contributed by atoms with Crippen molar-refractivity contribution >= 4 is 34.1 Å². The average Bonchev–Trinajstić information content (AvgIpc) is 3.48. The first-order valence-corrected chi connectivity index (χ1v) is 11.9. The molecule has 2 aliphatic rings. The molecule has 0 radical (unpaired) electrons. The van der Waals surface area contributed by atoms with E-state index >= 15 is 0 Å². The largest absolute Gasteiger partial charge is 0.361 e. The summed E-state index contributed by atoms with van der Waals surface area (Å²) in [6.07, 6.45) is 5.51. The highest BCUT2D eigenvalue weighted by molar-refractivity contribution is 7.12. The Kier molecular flexibility index (Phi) is 5.52. The maximum Gasteiger partial charge on any atom is 0.263 e. The molecule has 0 spiro atoms. The van der Waals surface area contributed by atoms with Crippen LogP contribution in [-0.4, -0.2) is 52.8 Å². The number of rotatable bonds is 3. The molecule has 5 rings (SSSR count). The normalized spacial score (nSPS) is 20.4. The highest BCUT2D eigenvalue weighted by Gasteiger charge is 2.34. The van der Waals surface area contributed by atoms with Gasteiger partial charge in [0.1, 0.15) is 5.82 Å². The molecule has 3 aromatic rings. The van der Waals surface area contributed by atoms with Gasteiger partial charge in [0.25, 0.3) is 5.91 Å². The topological polar surface area (TPSA) is 56.4 Å². The first kappa shape index (κ1) is 20.2. The molecule has 2 fully saturated rings. The third-order valence-electron chi connectivity index (χ3n) is 6.71. The lowest BCUT2D eigenvalue weighted by Gasteiger charge is -2.37. The number of carbonyl (C=O) groups is 2. The van der Waals surface area contributed by atoms with Crippen LogP contribution in [-0.2, 0) is 4.79 Å². The second kappa shape index (κ2) is 8.46. The van der Waals surface area contributed by atoms with Crippen LogP contribution in [0.2, 0.25) is 0 Å². The lowest BCUT2D eigenvalue weighted by atomic mass is 9.88. The van der Waals surface area contributed by atoms with Gasteiger partial charge in [0.15, 0.2) is 0 Å². The number of H-pyrrole nitrogens is 1. The zero-order valence-corrected chi connectivity index (χ0v) is 18.2. The molecule has 5 nitrogen and oxygen atoms in total. The smallest absolute Gasteiger partial charge is 0.263 e. The second-order valence-corrected chi connectivity index (χ2v) is 9.55. The average molecular weight is 440 g/mol. The van der Waals surface area contributed by atoms with E-state index in [1.54, 1.807) is 0 Å². The Morgan fingerprint density at radius 1 is 1.06 bits per heavy atom. The van der Waals surface area contributed by atoms with E-state index < -0.39 is 0 Å². The van der Waals surface area contributed by atoms with E-state index in [-0.39, 0.29) is 23.5 Å². The van der Waals surface area contributed by atoms with Crippen LogP contribution in [0.25, 0.3) is 10.9 Å². The molecule has 2 saturated heterocycles. The van der Waals surface area contributed by atoms with Crippen LogP contribution in [0.5, 0.6) is 0 Å². The number of fused-ring (bicyclic) bond motifs is 1. The number of aromatic nitrogens is 1. The summed E-state index contributed by atoms with van der Waals surface area (Å²) in [6.45, 7) is 2.70. The van der Waals surface area contributed by atoms with E-state index in [4.69, 9.17) is 0 Å². The van der Waals surface area contributed by atoms with Gasteiger partial charge in [0.2, 0.25) is 5.91 Å².